The first kappa shape index (κ1) is 16.6. The van der Waals surface area contributed by atoms with Crippen LogP contribution < -0.4 is 9.47 Å². The van der Waals surface area contributed by atoms with Crippen molar-refractivity contribution in [1.82, 2.24) is 0 Å². The second-order valence-corrected chi connectivity index (χ2v) is 5.33. The molecule has 126 valence electrons. The zero-order valence-corrected chi connectivity index (χ0v) is 13.6. The van der Waals surface area contributed by atoms with Crippen molar-refractivity contribution in [2.24, 2.45) is 0 Å². The van der Waals surface area contributed by atoms with Gasteiger partial charge in [0.15, 0.2) is 0 Å². The van der Waals surface area contributed by atoms with Crippen molar-refractivity contribution in [1.29, 1.82) is 0 Å². The third-order valence-corrected chi connectivity index (χ3v) is 3.62. The summed E-state index contributed by atoms with van der Waals surface area (Å²) in [5, 5.41) is 0. The van der Waals surface area contributed by atoms with E-state index in [0.29, 0.717) is 39.6 Å². The SMILES string of the molecule is C1=C\c2ccccc2OCCOCCOCCOc2ccccc2/1. The maximum atomic E-state index is 5.83. The van der Waals surface area contributed by atoms with Gasteiger partial charge in [0.05, 0.1) is 26.4 Å². The smallest absolute Gasteiger partial charge is 0.126 e. The Kier molecular flexibility index (Phi) is 6.28. The molecule has 24 heavy (non-hydrogen) atoms. The van der Waals surface area contributed by atoms with Gasteiger partial charge in [0.1, 0.15) is 24.7 Å². The molecule has 0 amide bonds. The molecule has 0 saturated carbocycles. The summed E-state index contributed by atoms with van der Waals surface area (Å²) in [6.45, 7) is 3.24. The highest BCUT2D eigenvalue weighted by molar-refractivity contribution is 5.74. The van der Waals surface area contributed by atoms with Gasteiger partial charge in [-0.3, -0.25) is 0 Å². The molecule has 0 N–H and O–H groups in total. The van der Waals surface area contributed by atoms with E-state index in [1.54, 1.807) is 0 Å². The van der Waals surface area contributed by atoms with Crippen LogP contribution in [0.3, 0.4) is 0 Å². The van der Waals surface area contributed by atoms with E-state index >= 15 is 0 Å². The van der Waals surface area contributed by atoms with Gasteiger partial charge in [-0.25, -0.2) is 0 Å². The summed E-state index contributed by atoms with van der Waals surface area (Å²) >= 11 is 0. The van der Waals surface area contributed by atoms with E-state index in [0.717, 1.165) is 22.6 Å². The van der Waals surface area contributed by atoms with Crippen LogP contribution in [0.2, 0.25) is 0 Å². The van der Waals surface area contributed by atoms with E-state index in [2.05, 4.69) is 0 Å². The summed E-state index contributed by atoms with van der Waals surface area (Å²) < 4.78 is 22.6. The van der Waals surface area contributed by atoms with Gasteiger partial charge in [-0.1, -0.05) is 48.6 Å². The highest BCUT2D eigenvalue weighted by Crippen LogP contribution is 2.24. The number of ether oxygens (including phenoxy) is 4. The second-order valence-electron chi connectivity index (χ2n) is 5.33. The molecule has 0 fully saturated rings. The van der Waals surface area contributed by atoms with E-state index < -0.39 is 0 Å². The Morgan fingerprint density at radius 2 is 0.917 bits per heavy atom. The van der Waals surface area contributed by atoms with Gasteiger partial charge in [-0.2, -0.15) is 0 Å². The van der Waals surface area contributed by atoms with Crippen molar-refractivity contribution in [2.75, 3.05) is 39.6 Å². The van der Waals surface area contributed by atoms with Gasteiger partial charge in [-0.15, -0.1) is 0 Å². The predicted octanol–water partition coefficient (Wildman–Crippen LogP) is 3.66. The minimum Gasteiger partial charge on any atom is -0.491 e. The molecular weight excluding hydrogens is 304 g/mol. The normalized spacial score (nSPS) is 17.7. The Balaban J connectivity index is 1.82. The molecule has 4 nitrogen and oxygen atoms in total. The van der Waals surface area contributed by atoms with Crippen molar-refractivity contribution in [3.63, 3.8) is 0 Å². The lowest BCUT2D eigenvalue weighted by atomic mass is 10.1. The number of rotatable bonds is 0. The van der Waals surface area contributed by atoms with Crippen LogP contribution >= 0.6 is 0 Å². The lowest BCUT2D eigenvalue weighted by Crippen LogP contribution is -2.14. The van der Waals surface area contributed by atoms with Crippen LogP contribution in [0.1, 0.15) is 11.1 Å². The highest BCUT2D eigenvalue weighted by atomic mass is 16.6. The molecule has 0 spiro atoms. The Morgan fingerprint density at radius 1 is 0.500 bits per heavy atom. The average molecular weight is 326 g/mol. The first-order valence-electron chi connectivity index (χ1n) is 8.21. The molecule has 0 unspecified atom stereocenters. The fourth-order valence-corrected chi connectivity index (χ4v) is 2.42. The lowest BCUT2D eigenvalue weighted by Gasteiger charge is -2.12. The van der Waals surface area contributed by atoms with Gasteiger partial charge < -0.3 is 18.9 Å². The average Bonchev–Trinajstić information content (AvgIpc) is 2.62. The molecule has 2 aromatic carbocycles. The Bertz CT molecular complexity index is 609. The van der Waals surface area contributed by atoms with Gasteiger partial charge in [-0.05, 0) is 12.1 Å². The van der Waals surface area contributed by atoms with Crippen LogP contribution in [0.4, 0.5) is 0 Å². The zero-order chi connectivity index (χ0) is 16.5. The molecule has 0 aliphatic carbocycles. The third-order valence-electron chi connectivity index (χ3n) is 3.62. The summed E-state index contributed by atoms with van der Waals surface area (Å²) in [7, 11) is 0. The molecule has 3 rings (SSSR count). The van der Waals surface area contributed by atoms with Gasteiger partial charge >= 0.3 is 0 Å². The van der Waals surface area contributed by atoms with E-state index in [-0.39, 0.29) is 0 Å². The van der Waals surface area contributed by atoms with Crippen molar-refractivity contribution in [3.05, 3.63) is 59.7 Å². The summed E-state index contributed by atoms with van der Waals surface area (Å²) in [6.07, 6.45) is 4.08. The Hall–Kier alpha value is -2.30. The van der Waals surface area contributed by atoms with Crippen LogP contribution in [0, 0.1) is 0 Å². The molecule has 2 aromatic rings. The topological polar surface area (TPSA) is 36.9 Å². The third kappa shape index (κ3) is 4.85. The summed E-state index contributed by atoms with van der Waals surface area (Å²) in [6, 6.07) is 15.9. The van der Waals surface area contributed by atoms with Crippen LogP contribution in [0.5, 0.6) is 11.5 Å². The maximum Gasteiger partial charge on any atom is 0.126 e. The Morgan fingerprint density at radius 3 is 1.42 bits per heavy atom. The summed E-state index contributed by atoms with van der Waals surface area (Å²) in [5.41, 5.74) is 2.06. The fraction of sp³-hybridized carbons (Fsp3) is 0.300. The first-order chi connectivity index (χ1) is 11.9. The van der Waals surface area contributed by atoms with Gasteiger partial charge in [0.25, 0.3) is 0 Å². The number of para-hydroxylation sites is 2. The molecular formula is C20H22O4. The second kappa shape index (κ2) is 9.11. The quantitative estimate of drug-likeness (QED) is 0.740. The van der Waals surface area contributed by atoms with Crippen LogP contribution in [-0.2, 0) is 9.47 Å². The number of hydrogen-bond acceptors (Lipinski definition) is 4. The van der Waals surface area contributed by atoms with Crippen molar-refractivity contribution >= 4 is 12.2 Å². The van der Waals surface area contributed by atoms with Crippen molar-refractivity contribution in [3.8, 4) is 11.5 Å². The minimum absolute atomic E-state index is 0.518. The van der Waals surface area contributed by atoms with E-state index in [1.807, 2.05) is 60.7 Å². The van der Waals surface area contributed by atoms with Crippen molar-refractivity contribution < 1.29 is 18.9 Å². The summed E-state index contributed by atoms with van der Waals surface area (Å²) in [4.78, 5) is 0. The molecule has 0 aromatic heterocycles. The largest absolute Gasteiger partial charge is 0.491 e. The molecule has 0 saturated heterocycles. The van der Waals surface area contributed by atoms with E-state index in [1.165, 1.54) is 0 Å². The molecule has 0 bridgehead atoms. The van der Waals surface area contributed by atoms with Gasteiger partial charge in [0.2, 0.25) is 0 Å². The van der Waals surface area contributed by atoms with Crippen LogP contribution in [0.25, 0.3) is 12.2 Å². The molecule has 0 atom stereocenters. The Labute approximate surface area is 142 Å². The molecule has 1 aliphatic rings. The molecule has 1 heterocycles. The number of fused-ring (bicyclic) bond motifs is 2. The van der Waals surface area contributed by atoms with Crippen LogP contribution in [0.15, 0.2) is 48.5 Å². The first-order valence-corrected chi connectivity index (χ1v) is 8.21. The standard InChI is InChI=1S/C20H22O4/c1-3-7-19-17(5-1)9-10-18-6-2-4-8-20(18)24-16-14-22-12-11-21-13-15-23-19/h1-10H,11-16H2/b10-9-. The zero-order valence-electron chi connectivity index (χ0n) is 13.6. The lowest BCUT2D eigenvalue weighted by molar-refractivity contribution is 0.0273. The molecule has 4 heteroatoms. The monoisotopic (exact) mass is 326 g/mol. The van der Waals surface area contributed by atoms with Crippen molar-refractivity contribution in [2.45, 2.75) is 0 Å². The predicted molar refractivity (Wildman–Crippen MR) is 94.4 cm³/mol. The maximum absolute atomic E-state index is 5.83. The molecule has 1 aliphatic heterocycles. The number of hydrogen-bond donors (Lipinski definition) is 0. The van der Waals surface area contributed by atoms with Crippen LogP contribution in [-0.4, -0.2) is 39.6 Å². The highest BCUT2D eigenvalue weighted by Gasteiger charge is 2.03. The van der Waals surface area contributed by atoms with Gasteiger partial charge in [0, 0.05) is 11.1 Å². The van der Waals surface area contributed by atoms with E-state index in [4.69, 9.17) is 18.9 Å². The summed E-state index contributed by atoms with van der Waals surface area (Å²) in [5.74, 6) is 1.69. The molecule has 0 radical (unpaired) electrons. The minimum atomic E-state index is 0.518. The van der Waals surface area contributed by atoms with E-state index in [9.17, 15) is 0 Å². The fourth-order valence-electron chi connectivity index (χ4n) is 2.42. The number of benzene rings is 2.